The number of nitrogens with one attached hydrogen (secondary N) is 2. The molecule has 8 nitrogen and oxygen atoms in total. The van der Waals surface area contributed by atoms with Gasteiger partial charge in [-0.3, -0.25) is 9.79 Å². The molecule has 1 saturated heterocycles. The van der Waals surface area contributed by atoms with Gasteiger partial charge >= 0.3 is 6.09 Å². The van der Waals surface area contributed by atoms with Crippen LogP contribution >= 0.6 is 11.6 Å². The molecule has 0 aliphatic carbocycles. The molecule has 0 bridgehead atoms. The highest BCUT2D eigenvalue weighted by atomic mass is 35.5. The number of carbonyl (C=O) groups excluding carboxylic acids is 2. The molecule has 9 heteroatoms. The molecule has 0 spiro atoms. The van der Waals surface area contributed by atoms with Crippen LogP contribution in [0.2, 0.25) is 5.02 Å². The summed E-state index contributed by atoms with van der Waals surface area (Å²) in [5, 5.41) is 6.78. The third kappa shape index (κ3) is 5.56. The molecule has 0 aromatic heterocycles. The molecular formula is C21H30ClN5O3. The molecule has 1 atom stereocenters. The van der Waals surface area contributed by atoms with Crippen molar-refractivity contribution in [2.24, 2.45) is 4.99 Å². The topological polar surface area (TPSA) is 86.3 Å². The maximum Gasteiger partial charge on any atom is 0.410 e. The van der Waals surface area contributed by atoms with E-state index >= 15 is 0 Å². The summed E-state index contributed by atoms with van der Waals surface area (Å²) >= 11 is 6.10. The van der Waals surface area contributed by atoms with Gasteiger partial charge in [0.05, 0.1) is 12.6 Å². The highest BCUT2D eigenvalue weighted by molar-refractivity contribution is 6.31. The number of piperazine rings is 1. The summed E-state index contributed by atoms with van der Waals surface area (Å²) in [6, 6.07) is 5.58. The number of benzene rings is 1. The summed E-state index contributed by atoms with van der Waals surface area (Å²) in [6.45, 7) is 10.4. The van der Waals surface area contributed by atoms with Gasteiger partial charge in [-0.1, -0.05) is 17.7 Å². The minimum Gasteiger partial charge on any atom is -0.444 e. The SMILES string of the molecule is Cc1c(Cl)cccc1NC(=O)CCNC1=NCC2CN(C(=O)OC(C)(C)C)CCN12. The summed E-state index contributed by atoms with van der Waals surface area (Å²) in [5.74, 6) is 0.702. The summed E-state index contributed by atoms with van der Waals surface area (Å²) in [7, 11) is 0. The summed E-state index contributed by atoms with van der Waals surface area (Å²) in [5.41, 5.74) is 1.08. The lowest BCUT2D eigenvalue weighted by molar-refractivity contribution is -0.116. The van der Waals surface area contributed by atoms with Crippen molar-refractivity contribution in [1.82, 2.24) is 15.1 Å². The van der Waals surface area contributed by atoms with Gasteiger partial charge in [-0.05, 0) is 45.4 Å². The van der Waals surface area contributed by atoms with Gasteiger partial charge in [-0.25, -0.2) is 4.79 Å². The first kappa shape index (κ1) is 22.2. The Labute approximate surface area is 182 Å². The summed E-state index contributed by atoms with van der Waals surface area (Å²) in [4.78, 5) is 33.0. The number of ether oxygens (including phenoxy) is 1. The van der Waals surface area contributed by atoms with Crippen LogP contribution in [0, 0.1) is 6.92 Å². The fourth-order valence-corrected chi connectivity index (χ4v) is 3.64. The number of hydrogen-bond acceptors (Lipinski definition) is 6. The standard InChI is InChI=1S/C21H30ClN5O3/c1-14-16(22)6-5-7-17(14)25-18(28)8-9-23-19-24-12-15-13-26(10-11-27(15)19)20(29)30-21(2,3)4/h5-7,15H,8-13H2,1-4H3,(H,23,24)(H,25,28). The van der Waals surface area contributed by atoms with Crippen LogP contribution in [0.1, 0.15) is 32.8 Å². The molecule has 30 heavy (non-hydrogen) atoms. The number of halogens is 1. The van der Waals surface area contributed by atoms with Crippen LogP contribution in [0.4, 0.5) is 10.5 Å². The molecule has 2 aliphatic rings. The first-order chi connectivity index (χ1) is 14.1. The molecule has 2 amide bonds. The fraction of sp³-hybridized carbons (Fsp3) is 0.571. The second-order valence-electron chi connectivity index (χ2n) is 8.58. The van der Waals surface area contributed by atoms with Crippen LogP contribution in [0.3, 0.4) is 0 Å². The van der Waals surface area contributed by atoms with E-state index in [-0.39, 0.29) is 18.0 Å². The summed E-state index contributed by atoms with van der Waals surface area (Å²) < 4.78 is 5.47. The van der Waals surface area contributed by atoms with Gasteiger partial charge in [0.25, 0.3) is 0 Å². The van der Waals surface area contributed by atoms with Crippen molar-refractivity contribution < 1.29 is 14.3 Å². The Morgan fingerprint density at radius 3 is 2.80 bits per heavy atom. The van der Waals surface area contributed by atoms with Crippen molar-refractivity contribution in [3.63, 3.8) is 0 Å². The van der Waals surface area contributed by atoms with Crippen molar-refractivity contribution in [1.29, 1.82) is 0 Å². The molecule has 2 aliphatic heterocycles. The van der Waals surface area contributed by atoms with Crippen LogP contribution in [0.15, 0.2) is 23.2 Å². The van der Waals surface area contributed by atoms with Gasteiger partial charge < -0.3 is 25.2 Å². The second kappa shape index (κ2) is 9.12. The van der Waals surface area contributed by atoms with Gasteiger partial charge in [0, 0.05) is 43.3 Å². The van der Waals surface area contributed by atoms with E-state index in [9.17, 15) is 9.59 Å². The zero-order chi connectivity index (χ0) is 21.9. The molecule has 1 aromatic carbocycles. The first-order valence-electron chi connectivity index (χ1n) is 10.2. The lowest BCUT2D eigenvalue weighted by atomic mass is 10.2. The monoisotopic (exact) mass is 435 g/mol. The molecule has 1 fully saturated rings. The van der Waals surface area contributed by atoms with Crippen LogP contribution in [-0.2, 0) is 9.53 Å². The second-order valence-corrected chi connectivity index (χ2v) is 8.98. The molecule has 3 rings (SSSR count). The Kier molecular flexibility index (Phi) is 6.75. The molecule has 0 radical (unpaired) electrons. The van der Waals surface area contributed by atoms with E-state index in [1.165, 1.54) is 0 Å². The Hall–Kier alpha value is -2.48. The number of amides is 2. The van der Waals surface area contributed by atoms with Crippen LogP contribution in [0.25, 0.3) is 0 Å². The predicted octanol–water partition coefficient (Wildman–Crippen LogP) is 2.86. The van der Waals surface area contributed by atoms with E-state index in [2.05, 4.69) is 20.5 Å². The maximum absolute atomic E-state index is 12.3. The van der Waals surface area contributed by atoms with E-state index in [4.69, 9.17) is 16.3 Å². The molecule has 2 heterocycles. The molecular weight excluding hydrogens is 406 g/mol. The predicted molar refractivity (Wildman–Crippen MR) is 118 cm³/mol. The van der Waals surface area contributed by atoms with Crippen LogP contribution < -0.4 is 10.6 Å². The Bertz CT molecular complexity index is 836. The number of carbonyl (C=O) groups is 2. The maximum atomic E-state index is 12.3. The lowest BCUT2D eigenvalue weighted by Crippen LogP contribution is -2.57. The van der Waals surface area contributed by atoms with E-state index in [0.29, 0.717) is 44.2 Å². The molecule has 2 N–H and O–H groups in total. The Balaban J connectivity index is 1.43. The number of guanidine groups is 1. The average molecular weight is 436 g/mol. The van der Waals surface area contributed by atoms with Crippen molar-refractivity contribution in [3.8, 4) is 0 Å². The van der Waals surface area contributed by atoms with Crippen LogP contribution in [-0.4, -0.2) is 72.1 Å². The van der Waals surface area contributed by atoms with Gasteiger partial charge in [-0.15, -0.1) is 0 Å². The minimum absolute atomic E-state index is 0.0854. The van der Waals surface area contributed by atoms with Gasteiger partial charge in [-0.2, -0.15) is 0 Å². The molecule has 1 aromatic rings. The molecule has 1 unspecified atom stereocenters. The molecule has 0 saturated carbocycles. The van der Waals surface area contributed by atoms with E-state index in [1.807, 2.05) is 39.8 Å². The zero-order valence-electron chi connectivity index (χ0n) is 18.0. The van der Waals surface area contributed by atoms with E-state index in [0.717, 1.165) is 17.2 Å². The smallest absolute Gasteiger partial charge is 0.410 e. The number of anilines is 1. The average Bonchev–Trinajstić information content (AvgIpc) is 3.06. The number of nitrogens with zero attached hydrogens (tertiary/aromatic N) is 3. The number of rotatable bonds is 4. The lowest BCUT2D eigenvalue weighted by Gasteiger charge is -2.39. The number of fused-ring (bicyclic) bond motifs is 1. The van der Waals surface area contributed by atoms with Gasteiger partial charge in [0.2, 0.25) is 5.91 Å². The number of hydrogen-bond donors (Lipinski definition) is 2. The Morgan fingerprint density at radius 2 is 2.07 bits per heavy atom. The van der Waals surface area contributed by atoms with Gasteiger partial charge in [0.1, 0.15) is 5.60 Å². The fourth-order valence-electron chi connectivity index (χ4n) is 3.47. The highest BCUT2D eigenvalue weighted by Gasteiger charge is 2.36. The third-order valence-electron chi connectivity index (χ3n) is 5.04. The molecule has 164 valence electrons. The first-order valence-corrected chi connectivity index (χ1v) is 10.6. The number of aliphatic imine (C=N–C) groups is 1. The quantitative estimate of drug-likeness (QED) is 0.759. The minimum atomic E-state index is -0.503. The van der Waals surface area contributed by atoms with Crippen molar-refractivity contribution in [3.05, 3.63) is 28.8 Å². The van der Waals surface area contributed by atoms with Crippen molar-refractivity contribution in [2.45, 2.75) is 45.8 Å². The normalized spacial score (nSPS) is 18.6. The van der Waals surface area contributed by atoms with Gasteiger partial charge in [0.15, 0.2) is 5.96 Å². The summed E-state index contributed by atoms with van der Waals surface area (Å²) in [6.07, 6.45) is 0.0320. The third-order valence-corrected chi connectivity index (χ3v) is 5.44. The van der Waals surface area contributed by atoms with E-state index in [1.54, 1.807) is 11.0 Å². The Morgan fingerprint density at radius 1 is 1.30 bits per heavy atom. The van der Waals surface area contributed by atoms with Crippen LogP contribution in [0.5, 0.6) is 0 Å². The van der Waals surface area contributed by atoms with Crippen molar-refractivity contribution in [2.75, 3.05) is 38.0 Å². The largest absolute Gasteiger partial charge is 0.444 e. The van der Waals surface area contributed by atoms with Crippen molar-refractivity contribution >= 4 is 35.2 Å². The van der Waals surface area contributed by atoms with E-state index < -0.39 is 5.60 Å². The zero-order valence-corrected chi connectivity index (χ0v) is 18.8. The highest BCUT2D eigenvalue weighted by Crippen LogP contribution is 2.23.